The molecule has 1 aromatic rings. The minimum absolute atomic E-state index is 0.0169. The van der Waals surface area contributed by atoms with Crippen LogP contribution in [0.2, 0.25) is 0 Å². The topological polar surface area (TPSA) is 29.5 Å². The lowest BCUT2D eigenvalue weighted by molar-refractivity contribution is 0.0204. The van der Waals surface area contributed by atoms with Crippen molar-refractivity contribution in [3.8, 4) is 0 Å². The molecule has 0 aliphatic carbocycles. The van der Waals surface area contributed by atoms with Crippen molar-refractivity contribution in [1.29, 1.82) is 0 Å². The van der Waals surface area contributed by atoms with Gasteiger partial charge in [0, 0.05) is 13.1 Å². The van der Waals surface area contributed by atoms with Crippen molar-refractivity contribution in [2.24, 2.45) is 0 Å². The minimum Gasteiger partial charge on any atom is -0.444 e. The van der Waals surface area contributed by atoms with Gasteiger partial charge < -0.3 is 9.64 Å². The number of amides is 1. The molecule has 0 saturated carbocycles. The van der Waals surface area contributed by atoms with Crippen LogP contribution in [0.4, 0.5) is 13.6 Å². The summed E-state index contributed by atoms with van der Waals surface area (Å²) >= 11 is 0. The van der Waals surface area contributed by atoms with E-state index in [0.717, 1.165) is 0 Å². The van der Waals surface area contributed by atoms with E-state index < -0.39 is 22.7 Å². The lowest BCUT2D eigenvalue weighted by Gasteiger charge is -2.33. The van der Waals surface area contributed by atoms with Crippen LogP contribution in [0.3, 0.4) is 0 Å². The average Bonchev–Trinajstić information content (AvgIpc) is 2.42. The van der Waals surface area contributed by atoms with Crippen LogP contribution in [0.5, 0.6) is 0 Å². The Kier molecular flexibility index (Phi) is 4.78. The maximum atomic E-state index is 13.5. The zero-order valence-electron chi connectivity index (χ0n) is 13.2. The van der Waals surface area contributed by atoms with Gasteiger partial charge in [0.05, 0.1) is 0 Å². The van der Waals surface area contributed by atoms with E-state index in [1.807, 2.05) is 20.8 Å². The molecule has 118 valence electrons. The molecule has 2 radical (unpaired) electrons. The molecule has 1 saturated heterocycles. The van der Waals surface area contributed by atoms with E-state index >= 15 is 0 Å². The quantitative estimate of drug-likeness (QED) is 0.747. The van der Waals surface area contributed by atoms with Crippen molar-refractivity contribution < 1.29 is 18.3 Å². The first-order valence-electron chi connectivity index (χ1n) is 7.39. The molecule has 0 bridgehead atoms. The predicted octanol–water partition coefficient (Wildman–Crippen LogP) is 2.87. The molecule has 22 heavy (non-hydrogen) atoms. The molecular weight excluding hydrogens is 287 g/mol. The number of hydrogen-bond donors (Lipinski definition) is 0. The van der Waals surface area contributed by atoms with Gasteiger partial charge in [-0.2, -0.15) is 0 Å². The normalized spacial score (nSPS) is 16.7. The standard InChI is InChI=1S/C16H20BF2NO2/c1-16(2,3)22-15(21)20-6-4-10(5-7-20)11-8-12(18)14(17)13(19)9-11/h8-10H,4-7H2,1-3H3. The Morgan fingerprint density at radius 3 is 2.18 bits per heavy atom. The molecule has 0 spiro atoms. The maximum absolute atomic E-state index is 13.5. The molecule has 1 amide bonds. The van der Waals surface area contributed by atoms with Gasteiger partial charge in [-0.3, -0.25) is 0 Å². The third-order valence-electron chi connectivity index (χ3n) is 3.72. The van der Waals surface area contributed by atoms with E-state index in [4.69, 9.17) is 12.6 Å². The molecule has 6 heteroatoms. The largest absolute Gasteiger partial charge is 0.444 e. The average molecular weight is 307 g/mol. The molecule has 1 aliphatic heterocycles. The predicted molar refractivity (Wildman–Crippen MR) is 81.5 cm³/mol. The number of halogens is 2. The Morgan fingerprint density at radius 1 is 1.23 bits per heavy atom. The second kappa shape index (κ2) is 6.27. The monoisotopic (exact) mass is 307 g/mol. The van der Waals surface area contributed by atoms with Crippen molar-refractivity contribution in [3.05, 3.63) is 29.3 Å². The fraction of sp³-hybridized carbons (Fsp3) is 0.562. The Morgan fingerprint density at radius 2 is 1.73 bits per heavy atom. The third kappa shape index (κ3) is 3.99. The summed E-state index contributed by atoms with van der Waals surface area (Å²) in [6.07, 6.45) is 0.935. The van der Waals surface area contributed by atoms with E-state index in [-0.39, 0.29) is 12.0 Å². The maximum Gasteiger partial charge on any atom is 0.410 e. The van der Waals surface area contributed by atoms with Gasteiger partial charge >= 0.3 is 6.09 Å². The van der Waals surface area contributed by atoms with Crippen LogP contribution in [0.1, 0.15) is 45.1 Å². The molecule has 1 fully saturated rings. The molecule has 1 heterocycles. The molecule has 0 aromatic heterocycles. The molecular formula is C16H20BF2NO2. The second-order valence-corrected chi connectivity index (χ2v) is 6.64. The second-order valence-electron chi connectivity index (χ2n) is 6.64. The van der Waals surface area contributed by atoms with Gasteiger partial charge in [0.2, 0.25) is 0 Å². The zero-order chi connectivity index (χ0) is 16.5. The summed E-state index contributed by atoms with van der Waals surface area (Å²) < 4.78 is 32.4. The Labute approximate surface area is 131 Å². The summed E-state index contributed by atoms with van der Waals surface area (Å²) in [7, 11) is 5.28. The lowest BCUT2D eigenvalue weighted by atomic mass is 9.86. The molecule has 0 atom stereocenters. The van der Waals surface area contributed by atoms with Crippen LogP contribution in [0, 0.1) is 11.6 Å². The first-order chi connectivity index (χ1) is 10.2. The van der Waals surface area contributed by atoms with Crippen LogP contribution in [0.25, 0.3) is 0 Å². The third-order valence-corrected chi connectivity index (χ3v) is 3.72. The summed E-state index contributed by atoms with van der Waals surface area (Å²) in [6, 6.07) is 2.57. The van der Waals surface area contributed by atoms with Gasteiger partial charge in [-0.25, -0.2) is 13.6 Å². The van der Waals surface area contributed by atoms with Crippen molar-refractivity contribution in [2.75, 3.05) is 13.1 Å². The number of rotatable bonds is 1. The number of carbonyl (C=O) groups is 1. The Hall–Kier alpha value is -1.59. The number of likely N-dealkylation sites (tertiary alicyclic amines) is 1. The zero-order valence-corrected chi connectivity index (χ0v) is 13.2. The molecule has 2 rings (SSSR count). The number of nitrogens with zero attached hydrogens (tertiary/aromatic N) is 1. The van der Waals surface area contributed by atoms with Crippen molar-refractivity contribution in [2.45, 2.75) is 45.1 Å². The number of piperidine rings is 1. The molecule has 0 unspecified atom stereocenters. The van der Waals surface area contributed by atoms with Crippen LogP contribution < -0.4 is 5.46 Å². The van der Waals surface area contributed by atoms with Crippen LogP contribution in [0.15, 0.2) is 12.1 Å². The molecule has 0 N–H and O–H groups in total. The molecule has 1 aliphatic rings. The van der Waals surface area contributed by atoms with Gasteiger partial charge in [-0.15, -0.1) is 0 Å². The molecule has 1 aromatic carbocycles. The van der Waals surface area contributed by atoms with Crippen LogP contribution >= 0.6 is 0 Å². The summed E-state index contributed by atoms with van der Waals surface area (Å²) in [5.41, 5.74) is -0.389. The highest BCUT2D eigenvalue weighted by Crippen LogP contribution is 2.29. The summed E-state index contributed by atoms with van der Waals surface area (Å²) in [6.45, 7) is 6.47. The highest BCUT2D eigenvalue weighted by Gasteiger charge is 2.28. The van der Waals surface area contributed by atoms with E-state index in [2.05, 4.69) is 0 Å². The van der Waals surface area contributed by atoms with Crippen molar-refractivity contribution in [1.82, 2.24) is 4.90 Å². The van der Waals surface area contributed by atoms with Gasteiger partial charge in [-0.1, -0.05) is 0 Å². The summed E-state index contributed by atoms with van der Waals surface area (Å²) in [4.78, 5) is 13.6. The summed E-state index contributed by atoms with van der Waals surface area (Å²) in [5.74, 6) is -1.45. The minimum atomic E-state index is -0.732. The molecule has 3 nitrogen and oxygen atoms in total. The highest BCUT2D eigenvalue weighted by atomic mass is 19.1. The number of benzene rings is 1. The fourth-order valence-corrected chi connectivity index (χ4v) is 2.56. The SMILES string of the molecule is [B]c1c(F)cc(C2CCN(C(=O)OC(C)(C)C)CC2)cc1F. The number of hydrogen-bond acceptors (Lipinski definition) is 2. The Bertz CT molecular complexity index is 541. The van der Waals surface area contributed by atoms with E-state index in [9.17, 15) is 13.6 Å². The van der Waals surface area contributed by atoms with Gasteiger partial charge in [0.1, 0.15) is 25.1 Å². The van der Waals surface area contributed by atoms with Crippen LogP contribution in [-0.2, 0) is 4.74 Å². The van der Waals surface area contributed by atoms with Crippen molar-refractivity contribution in [3.63, 3.8) is 0 Å². The lowest BCUT2D eigenvalue weighted by Crippen LogP contribution is -2.41. The number of carbonyl (C=O) groups excluding carboxylic acids is 1. The van der Waals surface area contributed by atoms with E-state index in [1.165, 1.54) is 12.1 Å². The fourth-order valence-electron chi connectivity index (χ4n) is 2.56. The van der Waals surface area contributed by atoms with Gasteiger partial charge in [0.25, 0.3) is 0 Å². The smallest absolute Gasteiger partial charge is 0.410 e. The van der Waals surface area contributed by atoms with E-state index in [0.29, 0.717) is 31.5 Å². The van der Waals surface area contributed by atoms with E-state index in [1.54, 1.807) is 4.90 Å². The Balaban J connectivity index is 1.99. The first-order valence-corrected chi connectivity index (χ1v) is 7.39. The number of ether oxygens (including phenoxy) is 1. The summed E-state index contributed by atoms with van der Waals surface area (Å²) in [5, 5.41) is 0. The van der Waals surface area contributed by atoms with Crippen LogP contribution in [-0.4, -0.2) is 37.5 Å². The first kappa shape index (κ1) is 16.8. The van der Waals surface area contributed by atoms with Gasteiger partial charge in [-0.05, 0) is 62.7 Å². The highest BCUT2D eigenvalue weighted by molar-refractivity contribution is 6.32. The van der Waals surface area contributed by atoms with Gasteiger partial charge in [0.15, 0.2) is 0 Å². The van der Waals surface area contributed by atoms with Crippen molar-refractivity contribution >= 4 is 19.4 Å².